The third-order valence-electron chi connectivity index (χ3n) is 5.33. The molecule has 0 saturated carbocycles. The normalized spacial score (nSPS) is 15.2. The van der Waals surface area contributed by atoms with Gasteiger partial charge in [0.2, 0.25) is 0 Å². The predicted molar refractivity (Wildman–Crippen MR) is 142 cm³/mol. The van der Waals surface area contributed by atoms with E-state index in [9.17, 15) is 9.18 Å². The summed E-state index contributed by atoms with van der Waals surface area (Å²) < 4.78 is 16.6. The summed E-state index contributed by atoms with van der Waals surface area (Å²) in [6.07, 6.45) is 3.89. The van der Waals surface area contributed by atoms with Crippen LogP contribution in [0.1, 0.15) is 11.1 Å². The molecule has 0 N–H and O–H groups in total. The summed E-state index contributed by atoms with van der Waals surface area (Å²) in [7, 11) is 0. The summed E-state index contributed by atoms with van der Waals surface area (Å²) in [5.74, 6) is -0.440. The molecule has 2 heterocycles. The maximum atomic E-state index is 13.3. The van der Waals surface area contributed by atoms with Crippen molar-refractivity contribution in [2.75, 3.05) is 4.90 Å². The maximum Gasteiger partial charge on any atom is 0.270 e. The van der Waals surface area contributed by atoms with E-state index in [4.69, 9.17) is 23.8 Å². The fourth-order valence-electron chi connectivity index (χ4n) is 3.76. The topological polar surface area (TPSA) is 25.2 Å². The van der Waals surface area contributed by atoms with Crippen LogP contribution in [0.5, 0.6) is 0 Å². The van der Waals surface area contributed by atoms with Gasteiger partial charge in [0, 0.05) is 33.7 Å². The molecule has 1 aromatic heterocycles. The summed E-state index contributed by atoms with van der Waals surface area (Å²) in [6.45, 7) is 0.590. The van der Waals surface area contributed by atoms with E-state index in [0.29, 0.717) is 26.5 Å². The molecule has 5 rings (SSSR count). The second-order valence-electron chi connectivity index (χ2n) is 7.47. The van der Waals surface area contributed by atoms with Crippen LogP contribution in [-0.2, 0) is 11.3 Å². The number of fused-ring (bicyclic) bond motifs is 1. The Morgan fingerprint density at radius 3 is 2.61 bits per heavy atom. The van der Waals surface area contributed by atoms with Crippen molar-refractivity contribution >= 4 is 84.4 Å². The molecular formula is C25H15BrClFN2OS2. The van der Waals surface area contributed by atoms with E-state index in [-0.39, 0.29) is 11.7 Å². The van der Waals surface area contributed by atoms with E-state index in [1.807, 2.05) is 36.5 Å². The zero-order valence-corrected chi connectivity index (χ0v) is 20.9. The van der Waals surface area contributed by atoms with E-state index in [2.05, 4.69) is 20.5 Å². The number of carbonyl (C=O) groups excluding carboxylic acids is 1. The van der Waals surface area contributed by atoms with E-state index >= 15 is 0 Å². The lowest BCUT2D eigenvalue weighted by atomic mass is 10.1. The number of para-hydroxylation sites is 1. The minimum Gasteiger partial charge on any atom is -0.342 e. The molecule has 3 aromatic carbocycles. The Morgan fingerprint density at radius 1 is 1.09 bits per heavy atom. The van der Waals surface area contributed by atoms with Crippen molar-refractivity contribution in [3.05, 3.63) is 104 Å². The number of aromatic nitrogens is 1. The van der Waals surface area contributed by atoms with E-state index in [0.717, 1.165) is 26.5 Å². The number of rotatable bonds is 4. The van der Waals surface area contributed by atoms with Gasteiger partial charge in [-0.05, 0) is 64.0 Å². The number of halogens is 3. The summed E-state index contributed by atoms with van der Waals surface area (Å²) in [6, 6.07) is 19.8. The van der Waals surface area contributed by atoms with Crippen LogP contribution in [0.15, 0.2) is 82.3 Å². The number of benzene rings is 3. The van der Waals surface area contributed by atoms with Crippen molar-refractivity contribution in [2.24, 2.45) is 0 Å². The molecule has 3 nitrogen and oxygen atoms in total. The summed E-state index contributed by atoms with van der Waals surface area (Å²) in [4.78, 5) is 15.3. The van der Waals surface area contributed by atoms with Gasteiger partial charge in [-0.1, -0.05) is 65.9 Å². The van der Waals surface area contributed by atoms with Gasteiger partial charge in [-0.2, -0.15) is 0 Å². The molecule has 1 amide bonds. The Morgan fingerprint density at radius 2 is 1.85 bits per heavy atom. The van der Waals surface area contributed by atoms with Gasteiger partial charge in [-0.15, -0.1) is 0 Å². The number of thioether (sulfide) groups is 1. The fraction of sp³-hybridized carbons (Fsp3) is 0.0400. The first kappa shape index (κ1) is 22.3. The van der Waals surface area contributed by atoms with Crippen LogP contribution in [0.2, 0.25) is 5.02 Å². The molecule has 0 bridgehead atoms. The highest BCUT2D eigenvalue weighted by atomic mass is 79.9. The van der Waals surface area contributed by atoms with Crippen LogP contribution in [0.3, 0.4) is 0 Å². The van der Waals surface area contributed by atoms with Gasteiger partial charge in [0.25, 0.3) is 5.91 Å². The first-order valence-corrected chi connectivity index (χ1v) is 12.4. The minimum absolute atomic E-state index is 0.182. The van der Waals surface area contributed by atoms with Crippen molar-refractivity contribution in [1.82, 2.24) is 4.57 Å². The van der Waals surface area contributed by atoms with Crippen molar-refractivity contribution < 1.29 is 9.18 Å². The predicted octanol–water partition coefficient (Wildman–Crippen LogP) is 7.65. The average Bonchev–Trinajstić information content (AvgIpc) is 3.28. The number of anilines is 1. The Labute approximate surface area is 213 Å². The van der Waals surface area contributed by atoms with Crippen LogP contribution in [0.25, 0.3) is 17.0 Å². The number of thiocarbonyl (C=S) groups is 1. The highest BCUT2D eigenvalue weighted by molar-refractivity contribution is 9.10. The third kappa shape index (κ3) is 4.38. The lowest BCUT2D eigenvalue weighted by Gasteiger charge is -2.15. The highest BCUT2D eigenvalue weighted by Crippen LogP contribution is 2.39. The van der Waals surface area contributed by atoms with Crippen LogP contribution >= 0.6 is 51.5 Å². The Bertz CT molecular complexity index is 1450. The molecule has 1 aliphatic heterocycles. The lowest BCUT2D eigenvalue weighted by molar-refractivity contribution is -0.113. The van der Waals surface area contributed by atoms with Crippen molar-refractivity contribution in [1.29, 1.82) is 0 Å². The van der Waals surface area contributed by atoms with Gasteiger partial charge >= 0.3 is 0 Å². The molecule has 4 aromatic rings. The number of nitrogens with zero attached hydrogens (tertiary/aromatic N) is 2. The molecule has 164 valence electrons. The maximum absolute atomic E-state index is 13.3. The summed E-state index contributed by atoms with van der Waals surface area (Å²) in [5.41, 5.74) is 3.57. The van der Waals surface area contributed by atoms with Gasteiger partial charge in [-0.3, -0.25) is 9.69 Å². The van der Waals surface area contributed by atoms with Gasteiger partial charge < -0.3 is 4.57 Å². The standard InChI is InChI=1S/C25H15BrClFN2OS2/c26-20-10-9-18(12-21(20)27)30-24(31)23(33-25(30)32)11-16-14-29(22-4-2-1-3-19(16)22)13-15-5-7-17(28)8-6-15/h1-12,14H,13H2/b23-11-. The largest absolute Gasteiger partial charge is 0.342 e. The van der Waals surface area contributed by atoms with E-state index in [1.54, 1.807) is 30.3 Å². The molecule has 1 saturated heterocycles. The van der Waals surface area contributed by atoms with Crippen LogP contribution < -0.4 is 4.90 Å². The molecule has 0 aliphatic carbocycles. The summed E-state index contributed by atoms with van der Waals surface area (Å²) in [5, 5.41) is 1.53. The average molecular weight is 558 g/mol. The van der Waals surface area contributed by atoms with E-state index in [1.165, 1.54) is 28.8 Å². The van der Waals surface area contributed by atoms with Crippen molar-refractivity contribution in [3.8, 4) is 0 Å². The SMILES string of the molecule is O=C1/C(=C/c2cn(Cc3ccc(F)cc3)c3ccccc23)SC(=S)N1c1ccc(Br)c(Cl)c1. The van der Waals surface area contributed by atoms with Gasteiger partial charge in [0.15, 0.2) is 4.32 Å². The zero-order chi connectivity index (χ0) is 23.1. The molecule has 0 unspecified atom stereocenters. The molecule has 0 spiro atoms. The summed E-state index contributed by atoms with van der Waals surface area (Å²) >= 11 is 16.4. The van der Waals surface area contributed by atoms with E-state index < -0.39 is 0 Å². The first-order chi connectivity index (χ1) is 15.9. The number of amides is 1. The van der Waals surface area contributed by atoms with Gasteiger partial charge in [0.1, 0.15) is 5.82 Å². The smallest absolute Gasteiger partial charge is 0.270 e. The minimum atomic E-state index is -0.258. The third-order valence-corrected chi connectivity index (χ3v) is 7.86. The molecule has 0 atom stereocenters. The number of carbonyl (C=O) groups is 1. The zero-order valence-electron chi connectivity index (χ0n) is 17.0. The lowest BCUT2D eigenvalue weighted by Crippen LogP contribution is -2.27. The van der Waals surface area contributed by atoms with Crippen molar-refractivity contribution in [3.63, 3.8) is 0 Å². The van der Waals surface area contributed by atoms with Crippen LogP contribution in [0, 0.1) is 5.82 Å². The first-order valence-electron chi connectivity index (χ1n) is 9.96. The Kier molecular flexibility index (Phi) is 6.14. The number of hydrogen-bond acceptors (Lipinski definition) is 3. The molecule has 33 heavy (non-hydrogen) atoms. The highest BCUT2D eigenvalue weighted by Gasteiger charge is 2.33. The second kappa shape index (κ2) is 9.06. The van der Waals surface area contributed by atoms with Gasteiger partial charge in [-0.25, -0.2) is 4.39 Å². The molecular weight excluding hydrogens is 543 g/mol. The molecule has 0 radical (unpaired) electrons. The fourth-order valence-corrected chi connectivity index (χ4v) is 5.47. The van der Waals surface area contributed by atoms with Crippen molar-refractivity contribution in [2.45, 2.75) is 6.54 Å². The van der Waals surface area contributed by atoms with Crippen LogP contribution in [0.4, 0.5) is 10.1 Å². The van der Waals surface area contributed by atoms with Crippen LogP contribution in [-0.4, -0.2) is 14.8 Å². The Balaban J connectivity index is 1.51. The quantitative estimate of drug-likeness (QED) is 0.190. The second-order valence-corrected chi connectivity index (χ2v) is 10.4. The van der Waals surface area contributed by atoms with Gasteiger partial charge in [0.05, 0.1) is 15.6 Å². The molecule has 1 fully saturated rings. The molecule has 1 aliphatic rings. The Hall–Kier alpha value is -2.45. The molecule has 8 heteroatoms. The monoisotopic (exact) mass is 556 g/mol. The number of hydrogen-bond donors (Lipinski definition) is 0.